The molecule has 0 radical (unpaired) electrons. The number of urea groups is 1. The van der Waals surface area contributed by atoms with Crippen molar-refractivity contribution in [2.24, 2.45) is 0 Å². The molecule has 1 heterocycles. The Morgan fingerprint density at radius 1 is 1.07 bits per heavy atom. The maximum absolute atomic E-state index is 12.9. The molecule has 0 aliphatic carbocycles. The van der Waals surface area contributed by atoms with E-state index >= 15 is 0 Å². The number of nitrogens with zero attached hydrogens (tertiary/aromatic N) is 2. The van der Waals surface area contributed by atoms with Crippen LogP contribution < -0.4 is 15.4 Å². The summed E-state index contributed by atoms with van der Waals surface area (Å²) in [6, 6.07) is 16.3. The first-order valence-corrected chi connectivity index (χ1v) is 9.72. The average molecular weight is 406 g/mol. The van der Waals surface area contributed by atoms with Crippen LogP contribution in [0.2, 0.25) is 0 Å². The van der Waals surface area contributed by atoms with E-state index in [2.05, 4.69) is 15.6 Å². The zero-order chi connectivity index (χ0) is 21.7. The van der Waals surface area contributed by atoms with E-state index in [1.54, 1.807) is 37.3 Å². The predicted molar refractivity (Wildman–Crippen MR) is 118 cm³/mol. The number of aromatic nitrogens is 1. The molecule has 3 amide bonds. The van der Waals surface area contributed by atoms with Crippen molar-refractivity contribution in [3.63, 3.8) is 0 Å². The molecule has 30 heavy (non-hydrogen) atoms. The Bertz CT molecular complexity index is 1050. The van der Waals surface area contributed by atoms with Gasteiger partial charge in [0, 0.05) is 30.6 Å². The van der Waals surface area contributed by atoms with Crippen LogP contribution in [0.25, 0.3) is 10.9 Å². The van der Waals surface area contributed by atoms with Crippen molar-refractivity contribution in [1.29, 1.82) is 0 Å². The second-order valence-corrected chi connectivity index (χ2v) is 7.37. The van der Waals surface area contributed by atoms with Crippen LogP contribution in [-0.4, -0.2) is 42.0 Å². The number of benzene rings is 2. The lowest BCUT2D eigenvalue weighted by molar-refractivity contribution is 0.0785. The van der Waals surface area contributed by atoms with Crippen molar-refractivity contribution in [3.8, 4) is 5.75 Å². The third kappa shape index (κ3) is 5.26. The number of methoxy groups -OCH3 is 1. The third-order valence-corrected chi connectivity index (χ3v) is 4.53. The fourth-order valence-electron chi connectivity index (χ4n) is 3.03. The highest BCUT2D eigenvalue weighted by atomic mass is 16.5. The number of pyridine rings is 1. The fourth-order valence-corrected chi connectivity index (χ4v) is 3.03. The van der Waals surface area contributed by atoms with Crippen LogP contribution in [0.3, 0.4) is 0 Å². The largest absolute Gasteiger partial charge is 0.497 e. The first-order valence-electron chi connectivity index (χ1n) is 9.72. The molecule has 0 atom stereocenters. The van der Waals surface area contributed by atoms with Crippen LogP contribution in [0.1, 0.15) is 29.8 Å². The summed E-state index contributed by atoms with van der Waals surface area (Å²) in [4.78, 5) is 30.9. The quantitative estimate of drug-likeness (QED) is 0.647. The number of hydrogen-bond acceptors (Lipinski definition) is 4. The lowest BCUT2D eigenvalue weighted by Gasteiger charge is -2.18. The molecule has 0 aliphatic rings. The normalized spacial score (nSPS) is 10.7. The first kappa shape index (κ1) is 21.1. The van der Waals surface area contributed by atoms with E-state index in [-0.39, 0.29) is 18.0 Å². The highest BCUT2D eigenvalue weighted by Gasteiger charge is 2.14. The maximum atomic E-state index is 12.9. The Labute approximate surface area is 176 Å². The molecule has 3 rings (SSSR count). The Balaban J connectivity index is 1.75. The summed E-state index contributed by atoms with van der Waals surface area (Å²) < 4.78 is 5.17. The molecular formula is C23H26N4O3. The Morgan fingerprint density at radius 2 is 1.77 bits per heavy atom. The Kier molecular flexibility index (Phi) is 6.51. The molecule has 0 saturated carbocycles. The Morgan fingerprint density at radius 3 is 2.43 bits per heavy atom. The van der Waals surface area contributed by atoms with Gasteiger partial charge < -0.3 is 15.0 Å². The Hall–Kier alpha value is -3.61. The van der Waals surface area contributed by atoms with Crippen LogP contribution in [0.15, 0.2) is 54.6 Å². The van der Waals surface area contributed by atoms with Crippen molar-refractivity contribution in [2.75, 3.05) is 19.5 Å². The summed E-state index contributed by atoms with van der Waals surface area (Å²) in [5.41, 5.74) is 2.18. The standard InChI is InChI=1S/C23H26N4O3/c1-15(2)24-23(29)26-21-12-9-17-7-8-18(13-20(17)25-21)22(28)27(3)14-16-5-10-19(30-4)11-6-16/h5-13,15H,14H2,1-4H3,(H2,24,25,26,29). The van der Waals surface area contributed by atoms with Gasteiger partial charge in [-0.1, -0.05) is 18.2 Å². The van der Waals surface area contributed by atoms with Gasteiger partial charge in [0.25, 0.3) is 5.91 Å². The number of fused-ring (bicyclic) bond motifs is 1. The van der Waals surface area contributed by atoms with E-state index in [1.807, 2.05) is 50.2 Å². The number of anilines is 1. The molecule has 0 bridgehead atoms. The van der Waals surface area contributed by atoms with Crippen molar-refractivity contribution < 1.29 is 14.3 Å². The van der Waals surface area contributed by atoms with Gasteiger partial charge in [0.15, 0.2) is 0 Å². The molecule has 1 aromatic heterocycles. The molecule has 3 aromatic rings. The highest BCUT2D eigenvalue weighted by Crippen LogP contribution is 2.19. The van der Waals surface area contributed by atoms with Crippen LogP contribution >= 0.6 is 0 Å². The molecular weight excluding hydrogens is 380 g/mol. The molecule has 7 nitrogen and oxygen atoms in total. The van der Waals surface area contributed by atoms with Crippen LogP contribution in [-0.2, 0) is 6.54 Å². The monoisotopic (exact) mass is 406 g/mol. The maximum Gasteiger partial charge on any atom is 0.320 e. The van der Waals surface area contributed by atoms with Gasteiger partial charge >= 0.3 is 6.03 Å². The second-order valence-electron chi connectivity index (χ2n) is 7.37. The van der Waals surface area contributed by atoms with E-state index in [0.29, 0.717) is 23.4 Å². The predicted octanol–water partition coefficient (Wildman–Crippen LogP) is 4.05. The van der Waals surface area contributed by atoms with Gasteiger partial charge in [-0.2, -0.15) is 0 Å². The summed E-state index contributed by atoms with van der Waals surface area (Å²) >= 11 is 0. The number of hydrogen-bond donors (Lipinski definition) is 2. The van der Waals surface area contributed by atoms with Gasteiger partial charge in [-0.3, -0.25) is 10.1 Å². The summed E-state index contributed by atoms with van der Waals surface area (Å²) in [6.07, 6.45) is 0. The lowest BCUT2D eigenvalue weighted by Crippen LogP contribution is -2.34. The van der Waals surface area contributed by atoms with Gasteiger partial charge in [-0.05, 0) is 55.8 Å². The number of rotatable bonds is 6. The molecule has 7 heteroatoms. The molecule has 156 valence electrons. The topological polar surface area (TPSA) is 83.6 Å². The number of amides is 3. The molecule has 0 spiro atoms. The van der Waals surface area contributed by atoms with E-state index in [1.165, 1.54) is 0 Å². The van der Waals surface area contributed by atoms with Crippen molar-refractivity contribution in [3.05, 3.63) is 65.7 Å². The minimum Gasteiger partial charge on any atom is -0.497 e. The average Bonchev–Trinajstić information content (AvgIpc) is 2.72. The first-order chi connectivity index (χ1) is 14.4. The SMILES string of the molecule is COc1ccc(CN(C)C(=O)c2ccc3ccc(NC(=O)NC(C)C)nc3c2)cc1. The van der Waals surface area contributed by atoms with Crippen LogP contribution in [0.5, 0.6) is 5.75 Å². The van der Waals surface area contributed by atoms with Crippen molar-refractivity contribution >= 4 is 28.7 Å². The molecule has 2 aromatic carbocycles. The van der Waals surface area contributed by atoms with Gasteiger partial charge in [0.05, 0.1) is 12.6 Å². The zero-order valence-electron chi connectivity index (χ0n) is 17.6. The fraction of sp³-hybridized carbons (Fsp3) is 0.261. The van der Waals surface area contributed by atoms with Crippen molar-refractivity contribution in [2.45, 2.75) is 26.4 Å². The molecule has 0 unspecified atom stereocenters. The van der Waals surface area contributed by atoms with Crippen LogP contribution in [0.4, 0.5) is 10.6 Å². The summed E-state index contributed by atoms with van der Waals surface area (Å²) in [5.74, 6) is 1.10. The van der Waals surface area contributed by atoms with Gasteiger partial charge in [-0.15, -0.1) is 0 Å². The van der Waals surface area contributed by atoms with Gasteiger partial charge in [-0.25, -0.2) is 9.78 Å². The summed E-state index contributed by atoms with van der Waals surface area (Å²) in [7, 11) is 3.38. The number of carbonyl (C=O) groups excluding carboxylic acids is 2. The minimum atomic E-state index is -0.316. The van der Waals surface area contributed by atoms with Crippen LogP contribution in [0, 0.1) is 0 Å². The number of nitrogens with one attached hydrogen (secondary N) is 2. The molecule has 0 aliphatic heterocycles. The number of carbonyl (C=O) groups is 2. The third-order valence-electron chi connectivity index (χ3n) is 4.53. The van der Waals surface area contributed by atoms with E-state index in [4.69, 9.17) is 4.74 Å². The second kappa shape index (κ2) is 9.26. The van der Waals surface area contributed by atoms with E-state index in [9.17, 15) is 9.59 Å². The lowest BCUT2D eigenvalue weighted by atomic mass is 10.1. The smallest absolute Gasteiger partial charge is 0.320 e. The van der Waals surface area contributed by atoms with Gasteiger partial charge in [0.2, 0.25) is 0 Å². The van der Waals surface area contributed by atoms with Crippen molar-refractivity contribution in [1.82, 2.24) is 15.2 Å². The molecule has 2 N–H and O–H groups in total. The summed E-state index contributed by atoms with van der Waals surface area (Å²) in [5, 5.41) is 6.36. The van der Waals surface area contributed by atoms with E-state index in [0.717, 1.165) is 16.7 Å². The van der Waals surface area contributed by atoms with E-state index < -0.39 is 0 Å². The number of ether oxygens (including phenoxy) is 1. The summed E-state index contributed by atoms with van der Waals surface area (Å²) in [6.45, 7) is 4.24. The molecule has 0 fully saturated rings. The molecule has 0 saturated heterocycles. The van der Waals surface area contributed by atoms with Gasteiger partial charge in [0.1, 0.15) is 11.6 Å². The zero-order valence-corrected chi connectivity index (χ0v) is 17.6. The minimum absolute atomic E-state index is 0.0240. The highest BCUT2D eigenvalue weighted by molar-refractivity contribution is 5.98.